The third kappa shape index (κ3) is 4.70. The molecule has 4 aliphatic rings. The van der Waals surface area contributed by atoms with Crippen molar-refractivity contribution in [3.8, 4) is 0 Å². The van der Waals surface area contributed by atoms with E-state index in [1.54, 1.807) is 6.07 Å². The molecule has 1 N–H and O–H groups in total. The van der Waals surface area contributed by atoms with Gasteiger partial charge in [-0.2, -0.15) is 0 Å². The summed E-state index contributed by atoms with van der Waals surface area (Å²) < 4.78 is 1.11. The monoisotopic (exact) mass is 652 g/mol. The van der Waals surface area contributed by atoms with Crippen LogP contribution >= 0.6 is 34.2 Å². The van der Waals surface area contributed by atoms with Crippen LogP contribution in [-0.2, 0) is 0 Å². The summed E-state index contributed by atoms with van der Waals surface area (Å²) in [6, 6.07) is 5.77. The van der Waals surface area contributed by atoms with Crippen molar-refractivity contribution in [1.82, 2.24) is 0 Å². The van der Waals surface area contributed by atoms with Crippen molar-refractivity contribution in [1.29, 1.82) is 0 Å². The zero-order valence-electron chi connectivity index (χ0n) is 24.4. The highest BCUT2D eigenvalue weighted by molar-refractivity contribution is 14.1. The molecular formula is C34H50ClIO2. The molecule has 0 bridgehead atoms. The van der Waals surface area contributed by atoms with E-state index in [0.717, 1.165) is 52.1 Å². The molecule has 0 aromatic heterocycles. The first kappa shape index (κ1) is 29.2. The van der Waals surface area contributed by atoms with Crippen molar-refractivity contribution in [2.45, 2.75) is 122 Å². The quantitative estimate of drug-likeness (QED) is 0.235. The van der Waals surface area contributed by atoms with Gasteiger partial charge in [0.25, 0.3) is 0 Å². The van der Waals surface area contributed by atoms with E-state index in [9.17, 15) is 9.90 Å². The fourth-order valence-corrected chi connectivity index (χ4v) is 12.1. The fourth-order valence-electron chi connectivity index (χ4n) is 10.6. The zero-order valence-corrected chi connectivity index (χ0v) is 27.3. The summed E-state index contributed by atoms with van der Waals surface area (Å²) in [6.45, 7) is 12.5. The lowest BCUT2D eigenvalue weighted by Gasteiger charge is -2.65. The Morgan fingerprint density at radius 1 is 1.03 bits per heavy atom. The third-order valence-electron chi connectivity index (χ3n) is 12.7. The number of carbonyl (C=O) groups is 1. The first-order valence-corrected chi connectivity index (χ1v) is 17.1. The minimum absolute atomic E-state index is 0.0969. The Balaban J connectivity index is 1.34. The van der Waals surface area contributed by atoms with Crippen LogP contribution in [0.1, 0.15) is 134 Å². The molecule has 0 aliphatic heterocycles. The summed E-state index contributed by atoms with van der Waals surface area (Å²) in [4.78, 5) is 12.0. The molecule has 0 spiro atoms. The van der Waals surface area contributed by atoms with Gasteiger partial charge in [-0.1, -0.05) is 59.9 Å². The Hall–Kier alpha value is -0.290. The molecule has 5 rings (SSSR count). The number of carboxylic acids is 1. The number of hydrogen-bond acceptors (Lipinski definition) is 1. The second-order valence-electron chi connectivity index (χ2n) is 14.7. The maximum absolute atomic E-state index is 12.1. The van der Waals surface area contributed by atoms with Gasteiger partial charge in [0.2, 0.25) is 0 Å². The number of alkyl halides is 1. The first-order chi connectivity index (χ1) is 17.9. The van der Waals surface area contributed by atoms with E-state index in [0.29, 0.717) is 28.7 Å². The number of aromatic carboxylic acids is 1. The van der Waals surface area contributed by atoms with Gasteiger partial charge >= 0.3 is 5.97 Å². The smallest absolute Gasteiger partial charge is 0.336 e. The molecule has 0 saturated heterocycles. The highest BCUT2D eigenvalue weighted by Crippen LogP contribution is 2.72. The summed E-state index contributed by atoms with van der Waals surface area (Å²) in [5, 5.41) is 9.92. The predicted molar refractivity (Wildman–Crippen MR) is 167 cm³/mol. The van der Waals surface area contributed by atoms with Crippen molar-refractivity contribution < 1.29 is 9.90 Å². The van der Waals surface area contributed by atoms with Crippen LogP contribution in [0.25, 0.3) is 0 Å². The molecule has 0 radical (unpaired) electrons. The van der Waals surface area contributed by atoms with E-state index < -0.39 is 5.97 Å². The number of hydrogen-bond donors (Lipinski definition) is 1. The molecule has 1 aromatic rings. The molecule has 4 fully saturated rings. The van der Waals surface area contributed by atoms with Crippen molar-refractivity contribution in [2.75, 3.05) is 0 Å². The maximum Gasteiger partial charge on any atom is 0.336 e. The lowest BCUT2D eigenvalue weighted by atomic mass is 9.43. The zero-order chi connectivity index (χ0) is 27.5. The largest absolute Gasteiger partial charge is 0.478 e. The Morgan fingerprint density at radius 2 is 1.76 bits per heavy atom. The maximum atomic E-state index is 12.1. The van der Waals surface area contributed by atoms with Gasteiger partial charge in [-0.3, -0.25) is 0 Å². The standard InChI is InChI=1S/C34H50ClIO2/c1-21(2)8-6-9-22(3)26-14-15-27-28-13-12-24-20-23(30-25(31(37)38)10-7-11-29(30)36)16-17-33(24,5)34(28,35)19-18-32(26,27)4/h7,10-11,21-24,26-28H,6,8-9,12-20H2,1-5H3,(H,37,38)/t22-,23-,24?,26-,27?,28?,32-,33+,34-/m1/s1. The SMILES string of the molecule is CC(C)CCC[C@@H](C)[C@H]1CCC2C3CCC4C[C@H](c5c(I)cccc5C(=O)O)CC[C@]4(C)[C@@]3(Cl)CC[C@@]21C. The van der Waals surface area contributed by atoms with Crippen molar-refractivity contribution in [3.05, 3.63) is 32.9 Å². The van der Waals surface area contributed by atoms with Gasteiger partial charge < -0.3 is 5.11 Å². The topological polar surface area (TPSA) is 37.3 Å². The van der Waals surface area contributed by atoms with Gasteiger partial charge in [-0.05, 0) is 150 Å². The number of benzene rings is 1. The Bertz CT molecular complexity index is 1040. The number of fused-ring (bicyclic) bond motifs is 5. The average molecular weight is 653 g/mol. The van der Waals surface area contributed by atoms with Crippen molar-refractivity contribution in [2.24, 2.45) is 46.3 Å². The third-order valence-corrected chi connectivity index (χ3v) is 14.5. The van der Waals surface area contributed by atoms with Gasteiger partial charge in [0.15, 0.2) is 0 Å². The van der Waals surface area contributed by atoms with Crippen LogP contribution < -0.4 is 0 Å². The van der Waals surface area contributed by atoms with E-state index >= 15 is 0 Å². The predicted octanol–water partition coefficient (Wildman–Crippen LogP) is 10.6. The van der Waals surface area contributed by atoms with Gasteiger partial charge in [0.05, 0.1) is 10.4 Å². The molecule has 4 heteroatoms. The average Bonchev–Trinajstić information content (AvgIpc) is 3.21. The number of halogens is 2. The summed E-state index contributed by atoms with van der Waals surface area (Å²) in [5.74, 6) is 4.04. The molecular weight excluding hydrogens is 603 g/mol. The summed E-state index contributed by atoms with van der Waals surface area (Å²) in [6.07, 6.45) is 15.2. The molecule has 38 heavy (non-hydrogen) atoms. The molecule has 3 unspecified atom stereocenters. The second-order valence-corrected chi connectivity index (χ2v) is 16.6. The van der Waals surface area contributed by atoms with E-state index in [2.05, 4.69) is 63.3 Å². The molecule has 4 aliphatic carbocycles. The summed E-state index contributed by atoms with van der Waals surface area (Å²) in [5.41, 5.74) is 2.19. The summed E-state index contributed by atoms with van der Waals surface area (Å²) in [7, 11) is 0. The minimum Gasteiger partial charge on any atom is -0.478 e. The summed E-state index contributed by atoms with van der Waals surface area (Å²) >= 11 is 10.3. The Kier molecular flexibility index (Phi) is 8.33. The Morgan fingerprint density at radius 3 is 2.47 bits per heavy atom. The number of rotatable bonds is 7. The van der Waals surface area contributed by atoms with E-state index in [-0.39, 0.29) is 10.3 Å². The van der Waals surface area contributed by atoms with Crippen LogP contribution in [0.15, 0.2) is 18.2 Å². The molecule has 2 nitrogen and oxygen atoms in total. The van der Waals surface area contributed by atoms with Crippen molar-refractivity contribution in [3.63, 3.8) is 0 Å². The van der Waals surface area contributed by atoms with Crippen LogP contribution in [0.4, 0.5) is 0 Å². The molecule has 9 atom stereocenters. The van der Waals surface area contributed by atoms with E-state index in [1.165, 1.54) is 57.8 Å². The van der Waals surface area contributed by atoms with Crippen LogP contribution in [0.5, 0.6) is 0 Å². The molecule has 0 amide bonds. The van der Waals surface area contributed by atoms with Gasteiger partial charge in [-0.15, -0.1) is 11.6 Å². The highest BCUT2D eigenvalue weighted by atomic mass is 127. The lowest BCUT2D eigenvalue weighted by Crippen LogP contribution is -2.62. The van der Waals surface area contributed by atoms with Crippen LogP contribution in [0, 0.1) is 49.9 Å². The highest BCUT2D eigenvalue weighted by Gasteiger charge is 2.67. The van der Waals surface area contributed by atoms with Crippen molar-refractivity contribution >= 4 is 40.2 Å². The molecule has 212 valence electrons. The van der Waals surface area contributed by atoms with Crippen LogP contribution in [0.2, 0.25) is 0 Å². The molecule has 0 heterocycles. The first-order valence-electron chi connectivity index (χ1n) is 15.6. The van der Waals surface area contributed by atoms with E-state index in [4.69, 9.17) is 11.6 Å². The van der Waals surface area contributed by atoms with Gasteiger partial charge in [-0.25, -0.2) is 4.79 Å². The van der Waals surface area contributed by atoms with Gasteiger partial charge in [0.1, 0.15) is 0 Å². The Labute approximate surface area is 250 Å². The lowest BCUT2D eigenvalue weighted by molar-refractivity contribution is -0.0997. The minimum atomic E-state index is -0.787. The molecule has 4 saturated carbocycles. The van der Waals surface area contributed by atoms with Crippen LogP contribution in [0.3, 0.4) is 0 Å². The normalized spacial score (nSPS) is 41.3. The number of carboxylic acid groups (broad SMARTS) is 1. The van der Waals surface area contributed by atoms with Crippen LogP contribution in [-0.4, -0.2) is 16.0 Å². The second kappa shape index (κ2) is 10.8. The van der Waals surface area contributed by atoms with E-state index in [1.807, 2.05) is 6.07 Å². The molecule has 1 aromatic carbocycles. The fraction of sp³-hybridized carbons (Fsp3) is 0.794. The van der Waals surface area contributed by atoms with Gasteiger partial charge in [0, 0.05) is 3.57 Å².